The first-order chi connectivity index (χ1) is 17.6. The van der Waals surface area contributed by atoms with Gasteiger partial charge in [-0.25, -0.2) is 14.8 Å². The Balaban J connectivity index is 1.39. The van der Waals surface area contributed by atoms with Crippen LogP contribution in [-0.2, 0) is 4.74 Å². The first kappa shape index (κ1) is 23.6. The minimum atomic E-state index is -0.280. The van der Waals surface area contributed by atoms with Gasteiger partial charge < -0.3 is 19.9 Å². The Kier molecular flexibility index (Phi) is 6.94. The average molecular weight is 500 g/mol. The summed E-state index contributed by atoms with van der Waals surface area (Å²) in [5.41, 5.74) is 5.07. The number of thiocarbonyl (C=S) groups is 1. The number of fused-ring (bicyclic) bond motifs is 1. The molecule has 5 rings (SSSR count). The molecule has 1 fully saturated rings. The summed E-state index contributed by atoms with van der Waals surface area (Å²) in [4.78, 5) is 34.5. The van der Waals surface area contributed by atoms with Crippen molar-refractivity contribution in [3.8, 4) is 22.8 Å². The molecule has 3 aromatic heterocycles. The van der Waals surface area contributed by atoms with Crippen molar-refractivity contribution in [3.63, 3.8) is 0 Å². The molecule has 1 aliphatic rings. The van der Waals surface area contributed by atoms with Crippen molar-refractivity contribution >= 4 is 40.1 Å². The number of benzene rings is 1. The Morgan fingerprint density at radius 3 is 2.08 bits per heavy atom. The standard InChI is InChI=1S/C26H25N7O2S/c1-2-35-26(34)33-15-13-32(14-16-33)25(36)29-18-9-10-19-22(17-18)31-24(21-8-4-6-12-28-21)23(30-19)20-7-3-5-11-27-20/h3-12,17H,2,13-16H2,1H3,(H,29,36). The number of carbonyl (C=O) groups excluding carboxylic acids is 1. The molecule has 0 bridgehead atoms. The first-order valence-electron chi connectivity index (χ1n) is 11.7. The second-order valence-corrected chi connectivity index (χ2v) is 8.54. The number of nitrogens with zero attached hydrogens (tertiary/aromatic N) is 6. The molecule has 1 aromatic carbocycles. The summed E-state index contributed by atoms with van der Waals surface area (Å²) in [6, 6.07) is 17.2. The van der Waals surface area contributed by atoms with Crippen molar-refractivity contribution in [3.05, 3.63) is 67.0 Å². The second kappa shape index (κ2) is 10.6. The molecular weight excluding hydrogens is 474 g/mol. The van der Waals surface area contributed by atoms with E-state index in [1.165, 1.54) is 0 Å². The molecule has 1 saturated heterocycles. The summed E-state index contributed by atoms with van der Waals surface area (Å²) in [6.45, 7) is 4.57. The number of amides is 1. The topological polar surface area (TPSA) is 96.4 Å². The highest BCUT2D eigenvalue weighted by atomic mass is 32.1. The van der Waals surface area contributed by atoms with E-state index < -0.39 is 0 Å². The number of carbonyl (C=O) groups is 1. The minimum Gasteiger partial charge on any atom is -0.450 e. The van der Waals surface area contributed by atoms with E-state index in [2.05, 4.69) is 15.3 Å². The van der Waals surface area contributed by atoms with Gasteiger partial charge in [-0.3, -0.25) is 9.97 Å². The lowest BCUT2D eigenvalue weighted by molar-refractivity contribution is 0.0923. The number of aromatic nitrogens is 4. The van der Waals surface area contributed by atoms with E-state index in [1.807, 2.05) is 59.5 Å². The second-order valence-electron chi connectivity index (χ2n) is 8.16. The van der Waals surface area contributed by atoms with Crippen LogP contribution in [0.1, 0.15) is 6.92 Å². The third-order valence-electron chi connectivity index (χ3n) is 5.82. The number of hydrogen-bond acceptors (Lipinski definition) is 7. The van der Waals surface area contributed by atoms with Gasteiger partial charge in [-0.1, -0.05) is 12.1 Å². The van der Waals surface area contributed by atoms with Crippen molar-refractivity contribution < 1.29 is 9.53 Å². The number of anilines is 1. The Hall–Kier alpha value is -4.18. The molecule has 9 nitrogen and oxygen atoms in total. The quantitative estimate of drug-likeness (QED) is 0.414. The molecule has 36 heavy (non-hydrogen) atoms. The first-order valence-corrected chi connectivity index (χ1v) is 12.2. The summed E-state index contributed by atoms with van der Waals surface area (Å²) in [5.74, 6) is 0. The maximum absolute atomic E-state index is 12.0. The molecule has 1 aliphatic heterocycles. The smallest absolute Gasteiger partial charge is 0.409 e. The molecule has 4 heterocycles. The van der Waals surface area contributed by atoms with Crippen LogP contribution in [0.2, 0.25) is 0 Å². The molecule has 0 saturated carbocycles. The van der Waals surface area contributed by atoms with Gasteiger partial charge >= 0.3 is 6.09 Å². The molecule has 0 spiro atoms. The van der Waals surface area contributed by atoms with Gasteiger partial charge in [0.1, 0.15) is 11.4 Å². The summed E-state index contributed by atoms with van der Waals surface area (Å²) < 4.78 is 5.09. The van der Waals surface area contributed by atoms with Crippen LogP contribution < -0.4 is 5.32 Å². The lowest BCUT2D eigenvalue weighted by Crippen LogP contribution is -2.51. The zero-order chi connectivity index (χ0) is 24.9. The molecule has 0 unspecified atom stereocenters. The largest absolute Gasteiger partial charge is 0.450 e. The number of ether oxygens (including phenoxy) is 1. The van der Waals surface area contributed by atoms with Crippen LogP contribution in [0.3, 0.4) is 0 Å². The zero-order valence-corrected chi connectivity index (χ0v) is 20.6. The summed E-state index contributed by atoms with van der Waals surface area (Å²) in [5, 5.41) is 3.90. The van der Waals surface area contributed by atoms with Crippen LogP contribution in [0, 0.1) is 0 Å². The van der Waals surface area contributed by atoms with E-state index in [1.54, 1.807) is 24.2 Å². The highest BCUT2D eigenvalue weighted by Crippen LogP contribution is 2.29. The minimum absolute atomic E-state index is 0.280. The normalized spacial score (nSPS) is 13.5. The van der Waals surface area contributed by atoms with Gasteiger partial charge in [-0.15, -0.1) is 0 Å². The maximum atomic E-state index is 12.0. The van der Waals surface area contributed by atoms with Crippen LogP contribution in [0.4, 0.5) is 10.5 Å². The maximum Gasteiger partial charge on any atom is 0.409 e. The van der Waals surface area contributed by atoms with Crippen molar-refractivity contribution in [2.45, 2.75) is 6.92 Å². The van der Waals surface area contributed by atoms with Crippen molar-refractivity contribution in [1.29, 1.82) is 0 Å². The number of pyridine rings is 2. The molecule has 182 valence electrons. The van der Waals surface area contributed by atoms with Crippen LogP contribution >= 0.6 is 12.2 Å². The number of rotatable bonds is 4. The lowest BCUT2D eigenvalue weighted by Gasteiger charge is -2.35. The Morgan fingerprint density at radius 2 is 1.50 bits per heavy atom. The molecule has 10 heteroatoms. The van der Waals surface area contributed by atoms with E-state index in [-0.39, 0.29) is 6.09 Å². The van der Waals surface area contributed by atoms with Crippen molar-refractivity contribution in [2.75, 3.05) is 38.1 Å². The molecule has 0 aliphatic carbocycles. The van der Waals surface area contributed by atoms with Crippen molar-refractivity contribution in [1.82, 2.24) is 29.7 Å². The van der Waals surface area contributed by atoms with Gasteiger partial charge in [0.05, 0.1) is 29.0 Å². The van der Waals surface area contributed by atoms with Crippen LogP contribution in [0.5, 0.6) is 0 Å². The monoisotopic (exact) mass is 499 g/mol. The molecule has 0 radical (unpaired) electrons. The van der Waals surface area contributed by atoms with E-state index in [0.29, 0.717) is 49.3 Å². The molecule has 4 aromatic rings. The Labute approximate surface area is 214 Å². The zero-order valence-electron chi connectivity index (χ0n) is 19.8. The van der Waals surface area contributed by atoms with E-state index in [9.17, 15) is 4.79 Å². The third kappa shape index (κ3) is 5.08. The van der Waals surface area contributed by atoms with E-state index in [4.69, 9.17) is 26.9 Å². The van der Waals surface area contributed by atoms with E-state index >= 15 is 0 Å². The van der Waals surface area contributed by atoms with Gasteiger partial charge in [-0.2, -0.15) is 0 Å². The van der Waals surface area contributed by atoms with Gasteiger partial charge in [0.15, 0.2) is 5.11 Å². The van der Waals surface area contributed by atoms with Crippen LogP contribution in [0.15, 0.2) is 67.0 Å². The predicted molar refractivity (Wildman–Crippen MR) is 142 cm³/mol. The van der Waals surface area contributed by atoms with Crippen molar-refractivity contribution in [2.24, 2.45) is 0 Å². The van der Waals surface area contributed by atoms with Crippen LogP contribution in [0.25, 0.3) is 33.8 Å². The Bertz CT molecular complexity index is 1380. The molecule has 1 N–H and O–H groups in total. The SMILES string of the molecule is CCOC(=O)N1CCN(C(=S)Nc2ccc3nc(-c4ccccn4)c(-c4ccccn4)nc3c2)CC1. The third-order valence-corrected chi connectivity index (χ3v) is 6.18. The van der Waals surface area contributed by atoms with Gasteiger partial charge in [0.2, 0.25) is 0 Å². The highest BCUT2D eigenvalue weighted by Gasteiger charge is 2.23. The molecular formula is C26H25N7O2S. The summed E-state index contributed by atoms with van der Waals surface area (Å²) >= 11 is 5.65. The van der Waals surface area contributed by atoms with E-state index in [0.717, 1.165) is 28.1 Å². The average Bonchev–Trinajstić information content (AvgIpc) is 2.93. The Morgan fingerprint density at radius 1 is 0.889 bits per heavy atom. The number of nitrogens with one attached hydrogen (secondary N) is 1. The van der Waals surface area contributed by atoms with Crippen LogP contribution in [-0.4, -0.2) is 73.7 Å². The van der Waals surface area contributed by atoms with Gasteiger partial charge in [0, 0.05) is 44.3 Å². The fraction of sp³-hybridized carbons (Fsp3) is 0.231. The summed E-state index contributed by atoms with van der Waals surface area (Å²) in [7, 11) is 0. The highest BCUT2D eigenvalue weighted by molar-refractivity contribution is 7.80. The molecule has 0 atom stereocenters. The fourth-order valence-electron chi connectivity index (χ4n) is 4.00. The number of hydrogen-bond donors (Lipinski definition) is 1. The fourth-order valence-corrected chi connectivity index (χ4v) is 4.30. The van der Waals surface area contributed by atoms with Gasteiger partial charge in [-0.05, 0) is 61.6 Å². The summed E-state index contributed by atoms with van der Waals surface area (Å²) in [6.07, 6.45) is 3.20. The van der Waals surface area contributed by atoms with Gasteiger partial charge in [0.25, 0.3) is 0 Å². The lowest BCUT2D eigenvalue weighted by atomic mass is 10.1. The molecule has 1 amide bonds. The number of piperazine rings is 1. The predicted octanol–water partition coefficient (Wildman–Crippen LogP) is 4.22.